The van der Waals surface area contributed by atoms with Gasteiger partial charge in [-0.2, -0.15) is 0 Å². The number of phenols is 1. The van der Waals surface area contributed by atoms with Gasteiger partial charge >= 0.3 is 0 Å². The normalized spacial score (nSPS) is 25.7. The third-order valence-electron chi connectivity index (χ3n) is 4.64. The summed E-state index contributed by atoms with van der Waals surface area (Å²) in [7, 11) is 0. The Labute approximate surface area is 154 Å². The van der Waals surface area contributed by atoms with Crippen molar-refractivity contribution in [3.05, 3.63) is 58.3 Å². The molecule has 1 fully saturated rings. The van der Waals surface area contributed by atoms with Crippen LogP contribution in [0.15, 0.2) is 52.1 Å². The molecule has 0 aliphatic carbocycles. The maximum atomic E-state index is 9.85. The number of halogens is 1. The molecular formula is C18H18BrN3OS. The second-order valence-electron chi connectivity index (χ2n) is 6.05. The first-order chi connectivity index (χ1) is 11.7. The summed E-state index contributed by atoms with van der Waals surface area (Å²) < 4.78 is 0.716. The first-order valence-electron chi connectivity index (χ1n) is 8.07. The number of hydrogen-bond acceptors (Lipinski definition) is 5. The fourth-order valence-electron chi connectivity index (χ4n) is 3.42. The zero-order valence-corrected chi connectivity index (χ0v) is 15.7. The topological polar surface area (TPSA) is 48.7 Å². The Morgan fingerprint density at radius 1 is 1.33 bits per heavy atom. The van der Waals surface area contributed by atoms with E-state index in [9.17, 15) is 5.11 Å². The van der Waals surface area contributed by atoms with Crippen LogP contribution < -0.4 is 0 Å². The van der Waals surface area contributed by atoms with Crippen molar-refractivity contribution in [3.63, 3.8) is 0 Å². The molecule has 0 saturated carbocycles. The summed E-state index contributed by atoms with van der Waals surface area (Å²) >= 11 is 5.28. The molecule has 1 saturated heterocycles. The minimum atomic E-state index is -0.0144. The van der Waals surface area contributed by atoms with E-state index >= 15 is 0 Å². The van der Waals surface area contributed by atoms with Gasteiger partial charge in [-0.3, -0.25) is 9.98 Å². The molecule has 4 rings (SSSR count). The molecule has 2 aliphatic rings. The van der Waals surface area contributed by atoms with Gasteiger partial charge in [-0.15, -0.1) is 0 Å². The van der Waals surface area contributed by atoms with Gasteiger partial charge in [0.05, 0.1) is 16.2 Å². The number of phenolic OH excluding ortho intramolecular Hbond substituents is 1. The zero-order valence-electron chi connectivity index (χ0n) is 13.3. The summed E-state index contributed by atoms with van der Waals surface area (Å²) in [6.07, 6.45) is 2.92. The number of benzene rings is 1. The van der Waals surface area contributed by atoms with Crippen LogP contribution >= 0.6 is 27.7 Å². The molecule has 3 atom stereocenters. The van der Waals surface area contributed by atoms with Gasteiger partial charge in [-0.25, -0.2) is 0 Å². The lowest BCUT2D eigenvalue weighted by Crippen LogP contribution is -2.35. The highest BCUT2D eigenvalue weighted by Gasteiger charge is 2.45. The van der Waals surface area contributed by atoms with Gasteiger partial charge in [-0.05, 0) is 52.2 Å². The van der Waals surface area contributed by atoms with Gasteiger partial charge in [0.15, 0.2) is 5.17 Å². The highest BCUT2D eigenvalue weighted by Crippen LogP contribution is 2.49. The smallest absolute Gasteiger partial charge is 0.160 e. The lowest BCUT2D eigenvalue weighted by Gasteiger charge is -2.32. The molecular weight excluding hydrogens is 386 g/mol. The molecule has 24 heavy (non-hydrogen) atoms. The van der Waals surface area contributed by atoms with E-state index in [4.69, 9.17) is 4.99 Å². The Kier molecular flexibility index (Phi) is 4.26. The number of aliphatic imine (C=N–C) groups is 1. The fourth-order valence-corrected chi connectivity index (χ4v) is 5.15. The maximum absolute atomic E-state index is 9.85. The molecule has 3 heterocycles. The van der Waals surface area contributed by atoms with Gasteiger partial charge in [0.25, 0.3) is 0 Å². The average Bonchev–Trinajstić information content (AvgIpc) is 3.17. The number of fused-ring (bicyclic) bond motifs is 1. The molecule has 1 aromatic heterocycles. The van der Waals surface area contributed by atoms with Crippen molar-refractivity contribution in [1.29, 1.82) is 0 Å². The number of nitrogens with zero attached hydrogens (tertiary/aromatic N) is 3. The van der Waals surface area contributed by atoms with Gasteiger partial charge in [-0.1, -0.05) is 30.8 Å². The number of aromatic nitrogens is 1. The van der Waals surface area contributed by atoms with Crippen molar-refractivity contribution in [3.8, 4) is 5.75 Å². The van der Waals surface area contributed by atoms with Crippen LogP contribution in [-0.2, 0) is 0 Å². The van der Waals surface area contributed by atoms with Crippen molar-refractivity contribution in [2.45, 2.75) is 31.5 Å². The van der Waals surface area contributed by atoms with Gasteiger partial charge in [0.1, 0.15) is 11.8 Å². The van der Waals surface area contributed by atoms with Gasteiger partial charge in [0, 0.05) is 18.0 Å². The van der Waals surface area contributed by atoms with Crippen LogP contribution in [0.5, 0.6) is 5.75 Å². The quantitative estimate of drug-likeness (QED) is 0.817. The van der Waals surface area contributed by atoms with Crippen LogP contribution in [0.1, 0.15) is 36.7 Å². The van der Waals surface area contributed by atoms with E-state index in [0.717, 1.165) is 28.6 Å². The van der Waals surface area contributed by atoms with Gasteiger partial charge < -0.3 is 10.0 Å². The number of amidine groups is 1. The molecule has 4 nitrogen and oxygen atoms in total. The molecule has 0 spiro atoms. The molecule has 0 unspecified atom stereocenters. The second kappa shape index (κ2) is 6.41. The lowest BCUT2D eigenvalue weighted by atomic mass is 9.95. The largest absolute Gasteiger partial charge is 0.507 e. The van der Waals surface area contributed by atoms with Crippen molar-refractivity contribution in [2.24, 2.45) is 4.99 Å². The second-order valence-corrected chi connectivity index (χ2v) is 7.89. The number of rotatable bonds is 3. The molecule has 124 valence electrons. The molecule has 0 radical (unpaired) electrons. The standard InChI is InChI=1S/C18H18BrN3OS/c1-2-12-10-24-18-21-16(14-5-3-4-8-20-14)17(22(12)18)11-6-7-15(23)13(19)9-11/h3-9,12,16-17,23H,2,10H2,1H3/t12-,16+,17+/m1/s1. The van der Waals surface area contributed by atoms with E-state index in [1.54, 1.807) is 6.07 Å². The Balaban J connectivity index is 1.80. The summed E-state index contributed by atoms with van der Waals surface area (Å²) in [5.41, 5.74) is 2.14. The Morgan fingerprint density at radius 2 is 2.21 bits per heavy atom. The van der Waals surface area contributed by atoms with Crippen molar-refractivity contribution >= 4 is 32.9 Å². The van der Waals surface area contributed by atoms with E-state index < -0.39 is 0 Å². The Morgan fingerprint density at radius 3 is 2.92 bits per heavy atom. The van der Waals surface area contributed by atoms with E-state index in [0.29, 0.717) is 10.5 Å². The molecule has 2 aromatic rings. The summed E-state index contributed by atoms with van der Waals surface area (Å²) in [5, 5.41) is 11.0. The van der Waals surface area contributed by atoms with Crippen LogP contribution in [0.25, 0.3) is 0 Å². The van der Waals surface area contributed by atoms with Crippen LogP contribution in [-0.4, -0.2) is 32.0 Å². The predicted octanol–water partition coefficient (Wildman–Crippen LogP) is 4.53. The van der Waals surface area contributed by atoms with Crippen molar-refractivity contribution in [1.82, 2.24) is 9.88 Å². The third kappa shape index (κ3) is 2.62. The monoisotopic (exact) mass is 403 g/mol. The molecule has 0 bridgehead atoms. The molecule has 6 heteroatoms. The van der Waals surface area contributed by atoms with Crippen LogP contribution in [0, 0.1) is 0 Å². The molecule has 1 N–H and O–H groups in total. The van der Waals surface area contributed by atoms with Gasteiger partial charge in [0.2, 0.25) is 0 Å². The predicted molar refractivity (Wildman–Crippen MR) is 101 cm³/mol. The number of pyridine rings is 1. The third-order valence-corrected chi connectivity index (χ3v) is 6.40. The first-order valence-corrected chi connectivity index (χ1v) is 9.85. The zero-order chi connectivity index (χ0) is 16.7. The number of thioether (sulfide) groups is 1. The van der Waals surface area contributed by atoms with E-state index in [-0.39, 0.29) is 17.8 Å². The summed E-state index contributed by atoms with van der Waals surface area (Å²) in [6.45, 7) is 2.23. The van der Waals surface area contributed by atoms with Crippen LogP contribution in [0.2, 0.25) is 0 Å². The number of aromatic hydroxyl groups is 1. The summed E-state index contributed by atoms with van der Waals surface area (Å²) in [6, 6.07) is 12.3. The van der Waals surface area contributed by atoms with E-state index in [2.05, 4.69) is 32.7 Å². The summed E-state index contributed by atoms with van der Waals surface area (Å²) in [4.78, 5) is 12.0. The Hall–Kier alpha value is -1.53. The van der Waals surface area contributed by atoms with E-state index in [1.165, 1.54) is 0 Å². The van der Waals surface area contributed by atoms with Crippen molar-refractivity contribution in [2.75, 3.05) is 5.75 Å². The van der Waals surface area contributed by atoms with E-state index in [1.807, 2.05) is 48.3 Å². The molecule has 2 aliphatic heterocycles. The molecule has 1 aromatic carbocycles. The average molecular weight is 404 g/mol. The minimum absolute atomic E-state index is 0.0144. The van der Waals surface area contributed by atoms with Crippen LogP contribution in [0.3, 0.4) is 0 Å². The van der Waals surface area contributed by atoms with Crippen LogP contribution in [0.4, 0.5) is 0 Å². The highest BCUT2D eigenvalue weighted by atomic mass is 79.9. The minimum Gasteiger partial charge on any atom is -0.507 e. The first kappa shape index (κ1) is 16.0. The fraction of sp³-hybridized carbons (Fsp3) is 0.333. The molecule has 0 amide bonds. The summed E-state index contributed by atoms with van der Waals surface area (Å²) in [5.74, 6) is 1.34. The maximum Gasteiger partial charge on any atom is 0.160 e. The number of hydrogen-bond donors (Lipinski definition) is 1. The lowest BCUT2D eigenvalue weighted by molar-refractivity contribution is 0.255. The highest BCUT2D eigenvalue weighted by molar-refractivity contribution is 9.10. The SMILES string of the molecule is CC[C@@H]1CSC2=N[C@@H](c3ccccn3)[C@H](c3ccc(O)c(Br)c3)N21. The Bertz CT molecular complexity index is 783. The van der Waals surface area contributed by atoms with Crippen molar-refractivity contribution < 1.29 is 5.11 Å².